The molecule has 0 spiro atoms. The van der Waals surface area contributed by atoms with Gasteiger partial charge in [-0.2, -0.15) is 13.2 Å². The summed E-state index contributed by atoms with van der Waals surface area (Å²) in [5, 5.41) is 2.84. The van der Waals surface area contributed by atoms with Crippen molar-refractivity contribution in [3.63, 3.8) is 0 Å². The summed E-state index contributed by atoms with van der Waals surface area (Å²) < 4.78 is 44.9. The van der Waals surface area contributed by atoms with Crippen LogP contribution >= 0.6 is 0 Å². The summed E-state index contributed by atoms with van der Waals surface area (Å²) in [5.41, 5.74) is -0.345. The molecule has 5 nitrogen and oxygen atoms in total. The summed E-state index contributed by atoms with van der Waals surface area (Å²) in [5.74, 6) is -0.457. The van der Waals surface area contributed by atoms with Crippen LogP contribution in [0.2, 0.25) is 0 Å². The second-order valence-electron chi connectivity index (χ2n) is 6.23. The summed E-state index contributed by atoms with van der Waals surface area (Å²) in [6, 6.07) is 6.92. The number of anilines is 2. The van der Waals surface area contributed by atoms with E-state index in [-0.39, 0.29) is 22.6 Å². The Labute approximate surface area is 162 Å². The van der Waals surface area contributed by atoms with Crippen molar-refractivity contribution in [3.05, 3.63) is 53.2 Å². The van der Waals surface area contributed by atoms with Gasteiger partial charge in [-0.15, -0.1) is 0 Å². The topological polar surface area (TPSA) is 54.5 Å². The van der Waals surface area contributed by atoms with Gasteiger partial charge in [0.2, 0.25) is 0 Å². The van der Waals surface area contributed by atoms with Gasteiger partial charge >= 0.3 is 12.1 Å². The number of nitrogens with zero attached hydrogens (tertiary/aromatic N) is 2. The van der Waals surface area contributed by atoms with Crippen molar-refractivity contribution in [1.82, 2.24) is 9.88 Å². The molecule has 1 atom stereocenters. The number of benzene rings is 1. The number of aromatic nitrogens is 1. The molecule has 0 fully saturated rings. The van der Waals surface area contributed by atoms with E-state index in [4.69, 9.17) is 4.74 Å². The molecular formula is C20H24F3N3O2. The molecule has 28 heavy (non-hydrogen) atoms. The average Bonchev–Trinajstić information content (AvgIpc) is 2.63. The number of rotatable bonds is 7. The lowest BCUT2D eigenvalue weighted by Gasteiger charge is -2.26. The second kappa shape index (κ2) is 9.05. The molecule has 1 N–H and O–H groups in total. The minimum atomic E-state index is -4.47. The maximum atomic E-state index is 13.1. The van der Waals surface area contributed by atoms with Crippen molar-refractivity contribution < 1.29 is 22.7 Å². The van der Waals surface area contributed by atoms with E-state index in [2.05, 4.69) is 10.3 Å². The third kappa shape index (κ3) is 5.01. The predicted octanol–water partition coefficient (Wildman–Crippen LogP) is 5.00. The molecule has 1 aromatic heterocycles. The summed E-state index contributed by atoms with van der Waals surface area (Å²) in [6.07, 6.45) is -3.45. The zero-order chi connectivity index (χ0) is 20.9. The van der Waals surface area contributed by atoms with E-state index in [1.54, 1.807) is 13.0 Å². The van der Waals surface area contributed by atoms with Gasteiger partial charge in [0.25, 0.3) is 0 Å². The van der Waals surface area contributed by atoms with Gasteiger partial charge in [-0.05, 0) is 56.8 Å². The monoisotopic (exact) mass is 395 g/mol. The molecule has 2 aromatic rings. The Balaban J connectivity index is 2.29. The zero-order valence-corrected chi connectivity index (χ0v) is 16.3. The van der Waals surface area contributed by atoms with Crippen LogP contribution in [-0.4, -0.2) is 35.2 Å². The minimum Gasteiger partial charge on any atom is -0.443 e. The third-order valence-corrected chi connectivity index (χ3v) is 4.52. The van der Waals surface area contributed by atoms with E-state index in [0.29, 0.717) is 13.1 Å². The number of alkyl halides is 3. The van der Waals surface area contributed by atoms with E-state index in [9.17, 15) is 18.0 Å². The molecule has 1 unspecified atom stereocenters. The molecule has 0 radical (unpaired) electrons. The number of carbonyl (C=O) groups excluding carboxylic acids is 1. The SMILES string of the molecule is CCN(CC)C(C)OC(=O)c1cccnc1Nc1cccc(C(F)(F)F)c1C. The summed E-state index contributed by atoms with van der Waals surface area (Å²) in [4.78, 5) is 18.7. The fraction of sp³-hybridized carbons (Fsp3) is 0.400. The number of ether oxygens (including phenoxy) is 1. The van der Waals surface area contributed by atoms with Crippen molar-refractivity contribution in [2.75, 3.05) is 18.4 Å². The highest BCUT2D eigenvalue weighted by atomic mass is 19.4. The van der Waals surface area contributed by atoms with Gasteiger partial charge in [0, 0.05) is 11.9 Å². The van der Waals surface area contributed by atoms with Gasteiger partial charge in [0.15, 0.2) is 6.23 Å². The van der Waals surface area contributed by atoms with Crippen LogP contribution in [0.25, 0.3) is 0 Å². The maximum Gasteiger partial charge on any atom is 0.416 e. The molecular weight excluding hydrogens is 371 g/mol. The first-order valence-corrected chi connectivity index (χ1v) is 9.02. The van der Waals surface area contributed by atoms with Crippen molar-refractivity contribution in [1.29, 1.82) is 0 Å². The van der Waals surface area contributed by atoms with Crippen LogP contribution in [0.1, 0.15) is 42.3 Å². The van der Waals surface area contributed by atoms with Crippen molar-refractivity contribution >= 4 is 17.5 Å². The lowest BCUT2D eigenvalue weighted by molar-refractivity contribution is -0.138. The van der Waals surface area contributed by atoms with E-state index >= 15 is 0 Å². The Morgan fingerprint density at radius 2 is 1.89 bits per heavy atom. The van der Waals surface area contributed by atoms with Crippen molar-refractivity contribution in [2.45, 2.75) is 40.1 Å². The molecule has 0 aliphatic rings. The molecule has 0 saturated carbocycles. The molecule has 8 heteroatoms. The van der Waals surface area contributed by atoms with Gasteiger partial charge < -0.3 is 10.1 Å². The third-order valence-electron chi connectivity index (χ3n) is 4.52. The Bertz CT molecular complexity index is 821. The van der Waals surface area contributed by atoms with Crippen LogP contribution < -0.4 is 5.32 Å². The van der Waals surface area contributed by atoms with Crippen LogP contribution in [0, 0.1) is 6.92 Å². The number of carbonyl (C=O) groups is 1. The number of esters is 1. The maximum absolute atomic E-state index is 13.1. The fourth-order valence-electron chi connectivity index (χ4n) is 2.91. The minimum absolute atomic E-state index is 0.0245. The van der Waals surface area contributed by atoms with Gasteiger partial charge in [0.1, 0.15) is 11.4 Å². The van der Waals surface area contributed by atoms with Gasteiger partial charge in [-0.3, -0.25) is 4.90 Å². The average molecular weight is 395 g/mol. The summed E-state index contributed by atoms with van der Waals surface area (Å²) in [6.45, 7) is 8.49. The molecule has 152 valence electrons. The highest BCUT2D eigenvalue weighted by molar-refractivity contribution is 5.95. The normalized spacial score (nSPS) is 12.7. The Morgan fingerprint density at radius 3 is 2.50 bits per heavy atom. The molecule has 0 aliphatic heterocycles. The standard InChI is InChI=1S/C20H24F3N3O2/c1-5-26(6-2)14(4)28-19(27)15-9-8-12-24-18(15)25-17-11-7-10-16(13(17)3)20(21,22)23/h7-12,14H,5-6H2,1-4H3,(H,24,25). The van der Waals surface area contributed by atoms with Gasteiger partial charge in [-0.25, -0.2) is 9.78 Å². The van der Waals surface area contributed by atoms with Crippen LogP contribution in [0.3, 0.4) is 0 Å². The quantitative estimate of drug-likeness (QED) is 0.528. The highest BCUT2D eigenvalue weighted by Crippen LogP contribution is 2.35. The van der Waals surface area contributed by atoms with Crippen LogP contribution in [-0.2, 0) is 10.9 Å². The predicted molar refractivity (Wildman–Crippen MR) is 101 cm³/mol. The summed E-state index contributed by atoms with van der Waals surface area (Å²) in [7, 11) is 0. The highest BCUT2D eigenvalue weighted by Gasteiger charge is 2.33. The number of hydrogen-bond acceptors (Lipinski definition) is 5. The van der Waals surface area contributed by atoms with Crippen LogP contribution in [0.15, 0.2) is 36.5 Å². The number of pyridine rings is 1. The molecule has 0 saturated heterocycles. The lowest BCUT2D eigenvalue weighted by atomic mass is 10.1. The number of nitrogens with one attached hydrogen (secondary N) is 1. The van der Waals surface area contributed by atoms with Crippen LogP contribution in [0.5, 0.6) is 0 Å². The van der Waals surface area contributed by atoms with Crippen molar-refractivity contribution in [3.8, 4) is 0 Å². The first kappa shape index (κ1) is 21.7. The molecule has 0 amide bonds. The Hall–Kier alpha value is -2.61. The molecule has 0 bridgehead atoms. The first-order valence-electron chi connectivity index (χ1n) is 9.02. The number of halogens is 3. The Morgan fingerprint density at radius 1 is 1.21 bits per heavy atom. The smallest absolute Gasteiger partial charge is 0.416 e. The van der Waals surface area contributed by atoms with Gasteiger partial charge in [-0.1, -0.05) is 19.9 Å². The lowest BCUT2D eigenvalue weighted by Crippen LogP contribution is -2.36. The molecule has 0 aliphatic carbocycles. The Kier molecular flexibility index (Phi) is 7.01. The van der Waals surface area contributed by atoms with E-state index in [1.165, 1.54) is 31.3 Å². The largest absolute Gasteiger partial charge is 0.443 e. The molecule has 2 rings (SSSR count). The van der Waals surface area contributed by atoms with Crippen LogP contribution in [0.4, 0.5) is 24.7 Å². The number of hydrogen-bond donors (Lipinski definition) is 1. The fourth-order valence-corrected chi connectivity index (χ4v) is 2.91. The molecule has 1 aromatic carbocycles. The molecule has 1 heterocycles. The van der Waals surface area contributed by atoms with E-state index < -0.39 is 23.9 Å². The first-order chi connectivity index (χ1) is 13.2. The second-order valence-corrected chi connectivity index (χ2v) is 6.23. The summed E-state index contributed by atoms with van der Waals surface area (Å²) >= 11 is 0. The zero-order valence-electron chi connectivity index (χ0n) is 16.3. The van der Waals surface area contributed by atoms with E-state index in [0.717, 1.165) is 6.07 Å². The van der Waals surface area contributed by atoms with Gasteiger partial charge in [0.05, 0.1) is 5.56 Å². The van der Waals surface area contributed by atoms with Crippen molar-refractivity contribution in [2.24, 2.45) is 0 Å². The van der Waals surface area contributed by atoms with E-state index in [1.807, 2.05) is 18.7 Å².